The fourth-order valence-corrected chi connectivity index (χ4v) is 3.84. The fraction of sp³-hybridized carbons (Fsp3) is 0.348. The molecule has 0 aliphatic carbocycles. The molecule has 0 bridgehead atoms. The lowest BCUT2D eigenvalue weighted by Crippen LogP contribution is -2.08. The number of benzene rings is 2. The largest absolute Gasteiger partial charge is 0.493 e. The van der Waals surface area contributed by atoms with Crippen molar-refractivity contribution in [3.8, 4) is 28.4 Å². The standard InChI is InChI=1S/C23H27N3O2/c1-15-8-9-16(2)19(13-15)26-23-18(7-5-6-12-24-23)22(25-26)17-10-11-20(27-3)21(14-17)28-4/h8-11,13-14,24H,5-7,12H2,1-4H3. The molecule has 1 aliphatic heterocycles. The summed E-state index contributed by atoms with van der Waals surface area (Å²) >= 11 is 0. The molecule has 0 saturated heterocycles. The van der Waals surface area contributed by atoms with Crippen molar-refractivity contribution in [1.29, 1.82) is 0 Å². The molecule has 5 heteroatoms. The topological polar surface area (TPSA) is 48.3 Å². The second-order valence-electron chi connectivity index (χ2n) is 7.33. The molecule has 146 valence electrons. The van der Waals surface area contributed by atoms with E-state index >= 15 is 0 Å². The summed E-state index contributed by atoms with van der Waals surface area (Å²) in [7, 11) is 3.32. The SMILES string of the molecule is COc1ccc(-c2nn(-c3cc(C)ccc3C)c3c2CCCCN3)cc1OC. The highest BCUT2D eigenvalue weighted by Crippen LogP contribution is 2.38. The number of rotatable bonds is 4. The van der Waals surface area contributed by atoms with E-state index in [1.165, 1.54) is 16.7 Å². The molecule has 1 N–H and O–H groups in total. The number of anilines is 1. The number of fused-ring (bicyclic) bond motifs is 1. The van der Waals surface area contributed by atoms with Crippen LogP contribution < -0.4 is 14.8 Å². The molecule has 0 amide bonds. The molecule has 0 unspecified atom stereocenters. The van der Waals surface area contributed by atoms with Gasteiger partial charge in [0, 0.05) is 17.7 Å². The molecule has 2 heterocycles. The lowest BCUT2D eigenvalue weighted by molar-refractivity contribution is 0.355. The van der Waals surface area contributed by atoms with Crippen LogP contribution >= 0.6 is 0 Å². The highest BCUT2D eigenvalue weighted by molar-refractivity contribution is 5.73. The Morgan fingerprint density at radius 1 is 0.964 bits per heavy atom. The van der Waals surface area contributed by atoms with Crippen molar-refractivity contribution in [2.75, 3.05) is 26.1 Å². The third kappa shape index (κ3) is 3.21. The van der Waals surface area contributed by atoms with Crippen LogP contribution in [0.2, 0.25) is 0 Å². The molecule has 4 rings (SSSR count). The average Bonchev–Trinajstić information content (AvgIpc) is 2.90. The zero-order valence-electron chi connectivity index (χ0n) is 17.0. The van der Waals surface area contributed by atoms with Gasteiger partial charge in [-0.1, -0.05) is 12.1 Å². The Balaban J connectivity index is 1.92. The van der Waals surface area contributed by atoms with Crippen molar-refractivity contribution in [3.63, 3.8) is 0 Å². The van der Waals surface area contributed by atoms with E-state index in [2.05, 4.69) is 48.1 Å². The first-order valence-electron chi connectivity index (χ1n) is 9.78. The van der Waals surface area contributed by atoms with Gasteiger partial charge in [-0.2, -0.15) is 5.10 Å². The van der Waals surface area contributed by atoms with Gasteiger partial charge in [-0.3, -0.25) is 0 Å². The van der Waals surface area contributed by atoms with Crippen molar-refractivity contribution < 1.29 is 9.47 Å². The van der Waals surface area contributed by atoms with Crippen LogP contribution in [-0.4, -0.2) is 30.5 Å². The summed E-state index contributed by atoms with van der Waals surface area (Å²) in [5, 5.41) is 8.69. The van der Waals surface area contributed by atoms with Gasteiger partial charge in [0.1, 0.15) is 5.82 Å². The van der Waals surface area contributed by atoms with Gasteiger partial charge < -0.3 is 14.8 Å². The summed E-state index contributed by atoms with van der Waals surface area (Å²) in [5.74, 6) is 2.55. The number of aryl methyl sites for hydroxylation is 2. The number of methoxy groups -OCH3 is 2. The molecule has 1 aliphatic rings. The Hall–Kier alpha value is -2.95. The van der Waals surface area contributed by atoms with Crippen LogP contribution in [0.4, 0.5) is 5.82 Å². The summed E-state index contributed by atoms with van der Waals surface area (Å²) in [6.07, 6.45) is 3.32. The zero-order chi connectivity index (χ0) is 19.7. The number of ether oxygens (including phenoxy) is 2. The monoisotopic (exact) mass is 377 g/mol. The molecular weight excluding hydrogens is 350 g/mol. The minimum absolute atomic E-state index is 0.719. The van der Waals surface area contributed by atoms with Gasteiger partial charge >= 0.3 is 0 Å². The first kappa shape index (κ1) is 18.4. The van der Waals surface area contributed by atoms with Gasteiger partial charge in [0.25, 0.3) is 0 Å². The van der Waals surface area contributed by atoms with Crippen molar-refractivity contribution >= 4 is 5.82 Å². The van der Waals surface area contributed by atoms with Crippen LogP contribution in [-0.2, 0) is 6.42 Å². The van der Waals surface area contributed by atoms with Crippen molar-refractivity contribution in [1.82, 2.24) is 9.78 Å². The molecule has 2 aromatic carbocycles. The zero-order valence-corrected chi connectivity index (χ0v) is 17.0. The number of nitrogens with one attached hydrogen (secondary N) is 1. The molecule has 0 fully saturated rings. The Labute approximate surface area is 166 Å². The summed E-state index contributed by atoms with van der Waals surface area (Å²) in [6, 6.07) is 12.5. The summed E-state index contributed by atoms with van der Waals surface area (Å²) in [5.41, 5.74) is 6.88. The molecule has 1 aromatic heterocycles. The highest BCUT2D eigenvalue weighted by Gasteiger charge is 2.23. The highest BCUT2D eigenvalue weighted by atomic mass is 16.5. The van der Waals surface area contributed by atoms with E-state index in [1.54, 1.807) is 14.2 Å². The first-order chi connectivity index (χ1) is 13.6. The number of hydrogen-bond donors (Lipinski definition) is 1. The average molecular weight is 377 g/mol. The second-order valence-corrected chi connectivity index (χ2v) is 7.33. The minimum Gasteiger partial charge on any atom is -0.493 e. The third-order valence-corrected chi connectivity index (χ3v) is 5.38. The van der Waals surface area contributed by atoms with Crippen LogP contribution in [0.5, 0.6) is 11.5 Å². The second kappa shape index (κ2) is 7.58. The van der Waals surface area contributed by atoms with Crippen LogP contribution in [0.1, 0.15) is 29.5 Å². The van der Waals surface area contributed by atoms with Crippen molar-refractivity contribution in [2.24, 2.45) is 0 Å². The molecule has 3 aromatic rings. The normalized spacial score (nSPS) is 13.4. The summed E-state index contributed by atoms with van der Waals surface area (Å²) in [4.78, 5) is 0. The lowest BCUT2D eigenvalue weighted by atomic mass is 10.0. The third-order valence-electron chi connectivity index (χ3n) is 5.38. The predicted molar refractivity (Wildman–Crippen MR) is 113 cm³/mol. The maximum atomic E-state index is 5.52. The van der Waals surface area contributed by atoms with E-state index in [-0.39, 0.29) is 0 Å². The minimum atomic E-state index is 0.719. The quantitative estimate of drug-likeness (QED) is 0.701. The molecule has 28 heavy (non-hydrogen) atoms. The van der Waals surface area contributed by atoms with Gasteiger partial charge in [-0.15, -0.1) is 0 Å². The Kier molecular flexibility index (Phi) is 4.99. The molecule has 5 nitrogen and oxygen atoms in total. The van der Waals surface area contributed by atoms with Gasteiger partial charge in [0.2, 0.25) is 0 Å². The van der Waals surface area contributed by atoms with E-state index < -0.39 is 0 Å². The van der Waals surface area contributed by atoms with Crippen molar-refractivity contribution in [2.45, 2.75) is 33.1 Å². The van der Waals surface area contributed by atoms with E-state index in [9.17, 15) is 0 Å². The smallest absolute Gasteiger partial charge is 0.161 e. The Morgan fingerprint density at radius 3 is 2.57 bits per heavy atom. The van der Waals surface area contributed by atoms with Crippen LogP contribution in [0.25, 0.3) is 16.9 Å². The van der Waals surface area contributed by atoms with Crippen LogP contribution in [0.15, 0.2) is 36.4 Å². The molecular formula is C23H27N3O2. The van der Waals surface area contributed by atoms with Gasteiger partial charge in [0.15, 0.2) is 11.5 Å². The van der Waals surface area contributed by atoms with E-state index in [0.29, 0.717) is 0 Å². The van der Waals surface area contributed by atoms with Gasteiger partial charge in [-0.25, -0.2) is 4.68 Å². The van der Waals surface area contributed by atoms with Crippen LogP contribution in [0.3, 0.4) is 0 Å². The van der Waals surface area contributed by atoms with Gasteiger partial charge in [-0.05, 0) is 68.5 Å². The van der Waals surface area contributed by atoms with E-state index in [0.717, 1.165) is 60.1 Å². The Morgan fingerprint density at radius 2 is 1.79 bits per heavy atom. The summed E-state index contributed by atoms with van der Waals surface area (Å²) < 4.78 is 13.0. The van der Waals surface area contributed by atoms with Crippen LogP contribution in [0, 0.1) is 13.8 Å². The first-order valence-corrected chi connectivity index (χ1v) is 9.78. The molecule has 0 atom stereocenters. The number of nitrogens with zero attached hydrogens (tertiary/aromatic N) is 2. The fourth-order valence-electron chi connectivity index (χ4n) is 3.84. The predicted octanol–water partition coefficient (Wildman–Crippen LogP) is 4.92. The molecule has 0 spiro atoms. The lowest BCUT2D eigenvalue weighted by Gasteiger charge is -2.12. The maximum Gasteiger partial charge on any atom is 0.161 e. The maximum absolute atomic E-state index is 5.52. The Bertz CT molecular complexity index is 1010. The molecule has 0 radical (unpaired) electrons. The van der Waals surface area contributed by atoms with E-state index in [4.69, 9.17) is 14.6 Å². The number of hydrogen-bond acceptors (Lipinski definition) is 4. The van der Waals surface area contributed by atoms with Gasteiger partial charge in [0.05, 0.1) is 25.6 Å². The summed E-state index contributed by atoms with van der Waals surface area (Å²) in [6.45, 7) is 5.22. The molecule has 0 saturated carbocycles. The number of aromatic nitrogens is 2. The van der Waals surface area contributed by atoms with E-state index in [1.807, 2.05) is 12.1 Å². The van der Waals surface area contributed by atoms with Crippen molar-refractivity contribution in [3.05, 3.63) is 53.1 Å².